The molecular formula is C21H20N2O7. The van der Waals surface area contributed by atoms with Crippen molar-refractivity contribution in [2.75, 3.05) is 13.2 Å². The number of benzene rings is 2. The molecule has 9 heteroatoms. The minimum Gasteiger partial charge on any atom is -0.485 e. The SMILES string of the molecule is O=C(COC(=O)CCC(=O)c1ccccc1)NNC(=O)[C@@H]1COc2ccccc2O1. The molecule has 0 bridgehead atoms. The van der Waals surface area contributed by atoms with Gasteiger partial charge in [0.2, 0.25) is 6.10 Å². The number of ketones is 1. The summed E-state index contributed by atoms with van der Waals surface area (Å²) in [5.74, 6) is -1.28. The molecule has 1 aliphatic heterocycles. The maximum atomic E-state index is 12.1. The average molecular weight is 412 g/mol. The normalized spacial score (nSPS) is 14.3. The lowest BCUT2D eigenvalue weighted by atomic mass is 10.1. The van der Waals surface area contributed by atoms with Crippen LogP contribution in [0.4, 0.5) is 0 Å². The van der Waals surface area contributed by atoms with E-state index in [1.165, 1.54) is 0 Å². The molecule has 156 valence electrons. The third-order valence-electron chi connectivity index (χ3n) is 4.14. The number of amides is 2. The predicted molar refractivity (Wildman–Crippen MR) is 104 cm³/mol. The zero-order valence-electron chi connectivity index (χ0n) is 16.0. The molecule has 0 aromatic heterocycles. The molecule has 2 amide bonds. The Morgan fingerprint density at radius 1 is 0.900 bits per heavy atom. The first-order valence-electron chi connectivity index (χ1n) is 9.24. The molecule has 0 radical (unpaired) electrons. The smallest absolute Gasteiger partial charge is 0.306 e. The van der Waals surface area contributed by atoms with Crippen molar-refractivity contribution < 1.29 is 33.4 Å². The molecule has 0 saturated carbocycles. The molecule has 1 aliphatic rings. The van der Waals surface area contributed by atoms with Crippen LogP contribution in [0, 0.1) is 0 Å². The second kappa shape index (κ2) is 10.1. The Balaban J connectivity index is 1.33. The monoisotopic (exact) mass is 412 g/mol. The molecule has 2 N–H and O–H groups in total. The van der Waals surface area contributed by atoms with Gasteiger partial charge >= 0.3 is 5.97 Å². The number of esters is 1. The van der Waals surface area contributed by atoms with Gasteiger partial charge in [0.25, 0.3) is 11.8 Å². The molecule has 0 fully saturated rings. The quantitative estimate of drug-likeness (QED) is 0.398. The number of rotatable bonds is 7. The molecule has 0 aliphatic carbocycles. The van der Waals surface area contributed by atoms with E-state index in [9.17, 15) is 19.2 Å². The van der Waals surface area contributed by atoms with Gasteiger partial charge in [-0.15, -0.1) is 0 Å². The van der Waals surface area contributed by atoms with Gasteiger partial charge in [0.15, 0.2) is 23.9 Å². The first-order valence-corrected chi connectivity index (χ1v) is 9.24. The average Bonchev–Trinajstić information content (AvgIpc) is 2.79. The summed E-state index contributed by atoms with van der Waals surface area (Å²) in [5, 5.41) is 0. The number of para-hydroxylation sites is 2. The van der Waals surface area contributed by atoms with Crippen molar-refractivity contribution in [2.45, 2.75) is 18.9 Å². The zero-order valence-corrected chi connectivity index (χ0v) is 16.0. The molecule has 1 heterocycles. The summed E-state index contributed by atoms with van der Waals surface area (Å²) in [6.07, 6.45) is -1.12. The van der Waals surface area contributed by atoms with Crippen LogP contribution in [0.2, 0.25) is 0 Å². The van der Waals surface area contributed by atoms with Gasteiger partial charge in [-0.1, -0.05) is 42.5 Å². The van der Waals surface area contributed by atoms with Crippen LogP contribution in [0.1, 0.15) is 23.2 Å². The van der Waals surface area contributed by atoms with Crippen LogP contribution in [0.5, 0.6) is 11.5 Å². The van der Waals surface area contributed by atoms with Gasteiger partial charge < -0.3 is 14.2 Å². The number of hydrogen-bond acceptors (Lipinski definition) is 7. The van der Waals surface area contributed by atoms with Gasteiger partial charge in [-0.2, -0.15) is 0 Å². The van der Waals surface area contributed by atoms with Crippen LogP contribution < -0.4 is 20.3 Å². The number of hydrogen-bond donors (Lipinski definition) is 2. The van der Waals surface area contributed by atoms with Crippen LogP contribution in [0.25, 0.3) is 0 Å². The molecule has 2 aromatic rings. The van der Waals surface area contributed by atoms with Gasteiger partial charge in [-0.3, -0.25) is 30.0 Å². The molecule has 9 nitrogen and oxygen atoms in total. The molecule has 3 rings (SSSR count). The van der Waals surface area contributed by atoms with E-state index in [0.717, 1.165) is 0 Å². The maximum absolute atomic E-state index is 12.1. The molecule has 0 unspecified atom stereocenters. The van der Waals surface area contributed by atoms with E-state index >= 15 is 0 Å². The van der Waals surface area contributed by atoms with Gasteiger partial charge in [-0.05, 0) is 12.1 Å². The van der Waals surface area contributed by atoms with E-state index in [2.05, 4.69) is 10.9 Å². The predicted octanol–water partition coefficient (Wildman–Crippen LogP) is 1.18. The molecule has 0 saturated heterocycles. The lowest BCUT2D eigenvalue weighted by Gasteiger charge is -2.25. The van der Waals surface area contributed by atoms with Gasteiger partial charge in [-0.25, -0.2) is 0 Å². The number of Topliss-reactive ketones (excluding diaryl/α,β-unsaturated/α-hetero) is 1. The first-order chi connectivity index (χ1) is 14.5. The summed E-state index contributed by atoms with van der Waals surface area (Å²) in [6, 6.07) is 15.5. The summed E-state index contributed by atoms with van der Waals surface area (Å²) in [6.45, 7) is -0.605. The molecule has 2 aromatic carbocycles. The van der Waals surface area contributed by atoms with Crippen LogP contribution in [-0.2, 0) is 19.1 Å². The Morgan fingerprint density at radius 3 is 2.37 bits per heavy atom. The van der Waals surface area contributed by atoms with E-state index < -0.39 is 30.5 Å². The number of nitrogens with one attached hydrogen (secondary N) is 2. The van der Waals surface area contributed by atoms with Crippen molar-refractivity contribution in [3.05, 3.63) is 60.2 Å². The van der Waals surface area contributed by atoms with E-state index in [1.54, 1.807) is 54.6 Å². The highest BCUT2D eigenvalue weighted by Crippen LogP contribution is 2.30. The number of fused-ring (bicyclic) bond motifs is 1. The summed E-state index contributed by atoms with van der Waals surface area (Å²) in [5.41, 5.74) is 4.82. The van der Waals surface area contributed by atoms with Gasteiger partial charge in [0, 0.05) is 12.0 Å². The number of carbonyl (C=O) groups is 4. The minimum absolute atomic E-state index is 0.0108. The van der Waals surface area contributed by atoms with Gasteiger partial charge in [0.1, 0.15) is 6.61 Å². The molecule has 1 atom stereocenters. The standard InChI is InChI=1S/C21H20N2O7/c24-15(14-6-2-1-3-7-14)10-11-20(26)29-13-19(25)22-23-21(27)18-12-28-16-8-4-5-9-17(16)30-18/h1-9,18H,10-13H2,(H,22,25)(H,23,27)/t18-/m0/s1. The lowest BCUT2D eigenvalue weighted by molar-refractivity contribution is -0.149. The van der Waals surface area contributed by atoms with Crippen LogP contribution in [0.3, 0.4) is 0 Å². The van der Waals surface area contributed by atoms with Gasteiger partial charge in [0.05, 0.1) is 6.42 Å². The maximum Gasteiger partial charge on any atom is 0.306 e. The van der Waals surface area contributed by atoms with Crippen molar-refractivity contribution in [1.29, 1.82) is 0 Å². The van der Waals surface area contributed by atoms with Crippen molar-refractivity contribution >= 4 is 23.6 Å². The first kappa shape index (κ1) is 20.8. The Morgan fingerprint density at radius 2 is 1.60 bits per heavy atom. The Kier molecular flexibility index (Phi) is 6.99. The van der Waals surface area contributed by atoms with Crippen molar-refractivity contribution in [3.63, 3.8) is 0 Å². The van der Waals surface area contributed by atoms with Crippen molar-refractivity contribution in [3.8, 4) is 11.5 Å². The van der Waals surface area contributed by atoms with Crippen LogP contribution in [0.15, 0.2) is 54.6 Å². The van der Waals surface area contributed by atoms with Crippen molar-refractivity contribution in [2.24, 2.45) is 0 Å². The van der Waals surface area contributed by atoms with Crippen molar-refractivity contribution in [1.82, 2.24) is 10.9 Å². The third-order valence-corrected chi connectivity index (χ3v) is 4.14. The summed E-state index contributed by atoms with van der Waals surface area (Å²) in [4.78, 5) is 47.5. The Labute approximate surface area is 172 Å². The van der Waals surface area contributed by atoms with Crippen LogP contribution >= 0.6 is 0 Å². The number of hydrazine groups is 1. The van der Waals surface area contributed by atoms with E-state index in [-0.39, 0.29) is 25.2 Å². The largest absolute Gasteiger partial charge is 0.485 e. The molecule has 0 spiro atoms. The highest BCUT2D eigenvalue weighted by molar-refractivity contribution is 5.97. The second-order valence-electron chi connectivity index (χ2n) is 6.35. The second-order valence-corrected chi connectivity index (χ2v) is 6.35. The topological polar surface area (TPSA) is 120 Å². The van der Waals surface area contributed by atoms with Crippen LogP contribution in [-0.4, -0.2) is 42.9 Å². The third kappa shape index (κ3) is 5.81. The summed E-state index contributed by atoms with van der Waals surface area (Å²) in [7, 11) is 0. The fraction of sp³-hybridized carbons (Fsp3) is 0.238. The summed E-state index contributed by atoms with van der Waals surface area (Å²) >= 11 is 0. The zero-order chi connectivity index (χ0) is 21.3. The molecular weight excluding hydrogens is 392 g/mol. The fourth-order valence-corrected chi connectivity index (χ4v) is 2.60. The highest BCUT2D eigenvalue weighted by atomic mass is 16.6. The van der Waals surface area contributed by atoms with E-state index in [4.69, 9.17) is 14.2 Å². The summed E-state index contributed by atoms with van der Waals surface area (Å²) < 4.78 is 15.7. The Hall–Kier alpha value is -3.88. The number of ether oxygens (including phenoxy) is 3. The molecule has 30 heavy (non-hydrogen) atoms. The van der Waals surface area contributed by atoms with E-state index in [0.29, 0.717) is 17.1 Å². The lowest BCUT2D eigenvalue weighted by Crippen LogP contribution is -2.51. The highest BCUT2D eigenvalue weighted by Gasteiger charge is 2.27. The van der Waals surface area contributed by atoms with E-state index in [1.807, 2.05) is 0 Å². The Bertz CT molecular complexity index is 930. The number of carbonyl (C=O) groups excluding carboxylic acids is 4. The minimum atomic E-state index is -0.938. The fourth-order valence-electron chi connectivity index (χ4n) is 2.60.